The van der Waals surface area contributed by atoms with Gasteiger partial charge in [0.15, 0.2) is 0 Å². The van der Waals surface area contributed by atoms with Crippen LogP contribution in [0.15, 0.2) is 84.9 Å². The molecule has 0 atom stereocenters. The monoisotopic (exact) mass is 477 g/mol. The van der Waals surface area contributed by atoms with Gasteiger partial charge in [0.1, 0.15) is 0 Å². The number of rotatable bonds is 3. The summed E-state index contributed by atoms with van der Waals surface area (Å²) < 4.78 is 0. The maximum Gasteiger partial charge on any atom is 0.267 e. The Bertz CT molecular complexity index is 1730. The second-order valence-electron chi connectivity index (χ2n) is 10.8. The Hall–Kier alpha value is -3.91. The zero-order valence-corrected chi connectivity index (χ0v) is 22.6. The maximum absolute atomic E-state index is 5.47. The van der Waals surface area contributed by atoms with E-state index in [1.165, 1.54) is 71.2 Å². The van der Waals surface area contributed by atoms with Gasteiger partial charge >= 0.3 is 0 Å². The minimum atomic E-state index is 0.0365. The Morgan fingerprint density at radius 1 is 0.514 bits per heavy atom. The van der Waals surface area contributed by atoms with Gasteiger partial charge < -0.3 is 0 Å². The summed E-state index contributed by atoms with van der Waals surface area (Å²) in [6, 6.07) is 31.2. The van der Waals surface area contributed by atoms with E-state index in [1.54, 1.807) is 0 Å². The van der Waals surface area contributed by atoms with Crippen molar-refractivity contribution in [1.82, 2.24) is 4.98 Å². The van der Waals surface area contributed by atoms with Crippen molar-refractivity contribution in [2.24, 2.45) is 0 Å². The molecule has 0 amide bonds. The lowest BCUT2D eigenvalue weighted by atomic mass is 9.35. The number of aryl methyl sites for hydroxylation is 6. The Morgan fingerprint density at radius 2 is 1.03 bits per heavy atom. The minimum Gasteiger partial charge on any atom is -0.261 e. The van der Waals surface area contributed by atoms with E-state index < -0.39 is 0 Å². The average Bonchev–Trinajstić information content (AvgIpc) is 2.86. The highest BCUT2D eigenvalue weighted by atomic mass is 14.7. The third-order valence-corrected chi connectivity index (χ3v) is 7.95. The van der Waals surface area contributed by atoms with E-state index in [9.17, 15) is 0 Å². The molecule has 6 aromatic rings. The second-order valence-corrected chi connectivity index (χ2v) is 10.8. The smallest absolute Gasteiger partial charge is 0.261 e. The molecule has 5 aromatic carbocycles. The van der Waals surface area contributed by atoms with E-state index in [4.69, 9.17) is 4.98 Å². The highest BCUT2D eigenvalue weighted by Gasteiger charge is 2.32. The fourth-order valence-corrected chi connectivity index (χ4v) is 6.68. The Kier molecular flexibility index (Phi) is 5.64. The molecule has 0 unspecified atom stereocenters. The summed E-state index contributed by atoms with van der Waals surface area (Å²) in [6.07, 6.45) is 0. The fourth-order valence-electron chi connectivity index (χ4n) is 6.68. The van der Waals surface area contributed by atoms with Gasteiger partial charge in [0.05, 0.1) is 5.52 Å². The van der Waals surface area contributed by atoms with E-state index in [-0.39, 0.29) is 6.71 Å². The van der Waals surface area contributed by atoms with Gasteiger partial charge in [-0.2, -0.15) is 0 Å². The minimum absolute atomic E-state index is 0.0365. The molecule has 1 nitrogen and oxygen atoms in total. The lowest BCUT2D eigenvalue weighted by Gasteiger charge is -2.25. The van der Waals surface area contributed by atoms with Gasteiger partial charge in [-0.25, -0.2) is 0 Å². The number of hydrogen-bond donors (Lipinski definition) is 0. The van der Waals surface area contributed by atoms with Crippen molar-refractivity contribution in [1.29, 1.82) is 0 Å². The highest BCUT2D eigenvalue weighted by molar-refractivity contribution is 6.97. The molecule has 2 heteroatoms. The lowest BCUT2D eigenvalue weighted by Crippen LogP contribution is -2.57. The van der Waals surface area contributed by atoms with Gasteiger partial charge in [-0.3, -0.25) is 4.98 Å². The first-order valence-corrected chi connectivity index (χ1v) is 13.2. The molecule has 0 N–H and O–H groups in total. The van der Waals surface area contributed by atoms with Crippen LogP contribution < -0.4 is 16.5 Å². The molecule has 0 saturated heterocycles. The zero-order chi connectivity index (χ0) is 25.8. The molecule has 37 heavy (non-hydrogen) atoms. The number of aromatic nitrogens is 1. The first kappa shape index (κ1) is 23.5. The molecule has 0 aliphatic heterocycles. The van der Waals surface area contributed by atoms with E-state index >= 15 is 0 Å². The summed E-state index contributed by atoms with van der Waals surface area (Å²) in [5.41, 5.74) is 12.8. The third kappa shape index (κ3) is 3.83. The first-order chi connectivity index (χ1) is 17.8. The molecular weight excluding hydrogens is 445 g/mol. The van der Waals surface area contributed by atoms with Gasteiger partial charge in [0, 0.05) is 11.0 Å². The Labute approximate surface area is 220 Å². The van der Waals surface area contributed by atoms with Crippen LogP contribution in [0.3, 0.4) is 0 Å². The van der Waals surface area contributed by atoms with Crippen LogP contribution in [-0.2, 0) is 0 Å². The van der Waals surface area contributed by atoms with Crippen molar-refractivity contribution in [3.8, 4) is 0 Å². The van der Waals surface area contributed by atoms with Gasteiger partial charge in [-0.05, 0) is 69.2 Å². The molecule has 0 saturated carbocycles. The molecule has 1 aromatic heterocycles. The third-order valence-electron chi connectivity index (χ3n) is 7.95. The van der Waals surface area contributed by atoms with E-state index in [2.05, 4.69) is 126 Å². The van der Waals surface area contributed by atoms with Crippen LogP contribution in [0.4, 0.5) is 0 Å². The number of hydrogen-bond acceptors (Lipinski definition) is 1. The van der Waals surface area contributed by atoms with Crippen molar-refractivity contribution in [2.75, 3.05) is 0 Å². The molecular formula is C35H32BN. The molecule has 0 aliphatic rings. The van der Waals surface area contributed by atoms with E-state index in [0.717, 1.165) is 11.1 Å². The molecule has 0 radical (unpaired) electrons. The van der Waals surface area contributed by atoms with Gasteiger partial charge in [0.25, 0.3) is 6.71 Å². The van der Waals surface area contributed by atoms with Crippen molar-refractivity contribution in [3.63, 3.8) is 0 Å². The SMILES string of the molecule is Cc1cc(C)c(B(c2c(C)cc(C)cc2C)c2nc3ccccc3c3c2ccc2ccccc23)c(C)c1. The van der Waals surface area contributed by atoms with Crippen molar-refractivity contribution in [2.45, 2.75) is 41.5 Å². The summed E-state index contributed by atoms with van der Waals surface area (Å²) in [7, 11) is 0. The lowest BCUT2D eigenvalue weighted by molar-refractivity contribution is 1.33. The molecule has 0 spiro atoms. The van der Waals surface area contributed by atoms with Crippen LogP contribution in [-0.4, -0.2) is 11.7 Å². The van der Waals surface area contributed by atoms with Crippen molar-refractivity contribution in [3.05, 3.63) is 118 Å². The first-order valence-electron chi connectivity index (χ1n) is 13.2. The number of nitrogens with zero attached hydrogens (tertiary/aromatic N) is 1. The van der Waals surface area contributed by atoms with Crippen LogP contribution in [0.25, 0.3) is 32.4 Å². The molecule has 0 fully saturated rings. The van der Waals surface area contributed by atoms with E-state index in [0.29, 0.717) is 0 Å². The summed E-state index contributed by atoms with van der Waals surface area (Å²) in [6.45, 7) is 13.5. The summed E-state index contributed by atoms with van der Waals surface area (Å²) in [5, 5.41) is 6.30. The number of pyridine rings is 1. The normalized spacial score (nSPS) is 11.5. The van der Waals surface area contributed by atoms with E-state index in [1.807, 2.05) is 0 Å². The topological polar surface area (TPSA) is 12.9 Å². The molecule has 1 heterocycles. The van der Waals surface area contributed by atoms with Crippen molar-refractivity contribution < 1.29 is 0 Å². The van der Waals surface area contributed by atoms with Crippen LogP contribution in [0, 0.1) is 41.5 Å². The van der Waals surface area contributed by atoms with Crippen LogP contribution in [0.2, 0.25) is 0 Å². The van der Waals surface area contributed by atoms with Gasteiger partial charge in [0.2, 0.25) is 0 Å². The predicted octanol–water partition coefficient (Wildman–Crippen LogP) is 6.91. The average molecular weight is 477 g/mol. The maximum atomic E-state index is 5.47. The molecule has 0 aliphatic carbocycles. The highest BCUT2D eigenvalue weighted by Crippen LogP contribution is 2.30. The number of para-hydroxylation sites is 1. The quantitative estimate of drug-likeness (QED) is 0.199. The largest absolute Gasteiger partial charge is 0.267 e. The summed E-state index contributed by atoms with van der Waals surface area (Å²) >= 11 is 0. The van der Waals surface area contributed by atoms with Gasteiger partial charge in [-0.1, -0.05) is 123 Å². The fraction of sp³-hybridized carbons (Fsp3) is 0.171. The van der Waals surface area contributed by atoms with Crippen LogP contribution in [0.1, 0.15) is 33.4 Å². The van der Waals surface area contributed by atoms with Crippen LogP contribution >= 0.6 is 0 Å². The molecule has 6 rings (SSSR count). The molecule has 0 bridgehead atoms. The van der Waals surface area contributed by atoms with Crippen LogP contribution in [0.5, 0.6) is 0 Å². The Balaban J connectivity index is 1.83. The predicted molar refractivity (Wildman–Crippen MR) is 163 cm³/mol. The summed E-state index contributed by atoms with van der Waals surface area (Å²) in [5.74, 6) is 0. The number of benzene rings is 5. The summed E-state index contributed by atoms with van der Waals surface area (Å²) in [4.78, 5) is 5.47. The standard InChI is InChI=1S/C35H32BN/c1-21-17-23(3)33(24(4)18-21)36(34-25(5)19-22(2)20-26(34)6)35-30-16-15-27-11-7-8-12-28(27)32(30)29-13-9-10-14-31(29)37-35/h7-20H,1-6H3. The van der Waals surface area contributed by atoms with Gasteiger partial charge in [-0.15, -0.1) is 0 Å². The number of fused-ring (bicyclic) bond motifs is 5. The zero-order valence-electron chi connectivity index (χ0n) is 22.6. The second kappa shape index (κ2) is 8.89. The van der Waals surface area contributed by atoms with Crippen molar-refractivity contribution >= 4 is 55.7 Å². The Morgan fingerprint density at radius 3 is 1.62 bits per heavy atom. The molecule has 180 valence electrons.